The van der Waals surface area contributed by atoms with Crippen molar-refractivity contribution >= 4 is 5.97 Å². The highest BCUT2D eigenvalue weighted by Crippen LogP contribution is 2.37. The first-order valence-electron chi connectivity index (χ1n) is 6.54. The van der Waals surface area contributed by atoms with Crippen LogP contribution in [0.2, 0.25) is 0 Å². The van der Waals surface area contributed by atoms with Gasteiger partial charge in [0, 0.05) is 13.2 Å². The molecule has 0 amide bonds. The highest BCUT2D eigenvalue weighted by Gasteiger charge is 2.35. The molecular formula is C13H24O4. The van der Waals surface area contributed by atoms with Crippen LogP contribution in [-0.4, -0.2) is 36.5 Å². The molecule has 0 aliphatic heterocycles. The van der Waals surface area contributed by atoms with Gasteiger partial charge in [0.25, 0.3) is 0 Å². The number of aliphatic hydroxyl groups is 2. The Morgan fingerprint density at radius 2 is 2.06 bits per heavy atom. The quantitative estimate of drug-likeness (QED) is 0.692. The summed E-state index contributed by atoms with van der Waals surface area (Å²) in [4.78, 5) is 11.8. The summed E-state index contributed by atoms with van der Waals surface area (Å²) >= 11 is 0. The van der Waals surface area contributed by atoms with E-state index in [-0.39, 0.29) is 36.9 Å². The Morgan fingerprint density at radius 1 is 1.35 bits per heavy atom. The fourth-order valence-electron chi connectivity index (χ4n) is 2.96. The van der Waals surface area contributed by atoms with E-state index in [2.05, 4.69) is 0 Å². The van der Waals surface area contributed by atoms with Crippen LogP contribution in [0, 0.1) is 17.8 Å². The molecule has 4 nitrogen and oxygen atoms in total. The lowest BCUT2D eigenvalue weighted by molar-refractivity contribution is -0.149. The number of ether oxygens (including phenoxy) is 1. The summed E-state index contributed by atoms with van der Waals surface area (Å²) in [6.07, 6.45) is 5.51. The van der Waals surface area contributed by atoms with Crippen LogP contribution in [0.3, 0.4) is 0 Å². The average Bonchev–Trinajstić information content (AvgIpc) is 2.39. The van der Waals surface area contributed by atoms with Crippen molar-refractivity contribution in [2.75, 3.05) is 20.3 Å². The molecule has 1 aliphatic rings. The number of aliphatic hydroxyl groups excluding tert-OH is 2. The molecule has 0 aromatic rings. The lowest BCUT2D eigenvalue weighted by atomic mass is 9.71. The van der Waals surface area contributed by atoms with Crippen molar-refractivity contribution in [3.05, 3.63) is 0 Å². The van der Waals surface area contributed by atoms with Gasteiger partial charge in [0.1, 0.15) is 0 Å². The maximum atomic E-state index is 11.8. The van der Waals surface area contributed by atoms with Crippen molar-refractivity contribution in [3.63, 3.8) is 0 Å². The highest BCUT2D eigenvalue weighted by atomic mass is 16.5. The molecular weight excluding hydrogens is 220 g/mol. The number of esters is 1. The molecule has 100 valence electrons. The molecule has 0 spiro atoms. The van der Waals surface area contributed by atoms with E-state index in [1.165, 1.54) is 7.11 Å². The van der Waals surface area contributed by atoms with Gasteiger partial charge in [-0.05, 0) is 37.5 Å². The fraction of sp³-hybridized carbons (Fsp3) is 0.923. The molecule has 17 heavy (non-hydrogen) atoms. The van der Waals surface area contributed by atoms with Crippen LogP contribution in [0.25, 0.3) is 0 Å². The predicted octanol–water partition coefficient (Wildman–Crippen LogP) is 1.35. The standard InChI is InChI=1S/C13H24O4/c1-17-13(16)12(7-4-8-14)11-6-3-2-5-10(11)9-15/h10-12,14-15H,2-9H2,1H3/t10-,11+,12-/m1/s1. The first kappa shape index (κ1) is 14.5. The Kier molecular flexibility index (Phi) is 6.52. The maximum Gasteiger partial charge on any atom is 0.308 e. The summed E-state index contributed by atoms with van der Waals surface area (Å²) in [5, 5.41) is 18.3. The smallest absolute Gasteiger partial charge is 0.308 e. The number of carbonyl (C=O) groups excluding carboxylic acids is 1. The van der Waals surface area contributed by atoms with Gasteiger partial charge in [-0.1, -0.05) is 12.8 Å². The molecule has 0 radical (unpaired) electrons. The Balaban J connectivity index is 2.68. The average molecular weight is 244 g/mol. The molecule has 4 heteroatoms. The van der Waals surface area contributed by atoms with Crippen molar-refractivity contribution in [1.29, 1.82) is 0 Å². The minimum absolute atomic E-state index is 0.101. The molecule has 0 saturated heterocycles. The van der Waals surface area contributed by atoms with Crippen LogP contribution in [0.1, 0.15) is 38.5 Å². The largest absolute Gasteiger partial charge is 0.469 e. The number of methoxy groups -OCH3 is 1. The number of rotatable bonds is 6. The van der Waals surface area contributed by atoms with Gasteiger partial charge in [-0.25, -0.2) is 0 Å². The molecule has 1 fully saturated rings. The van der Waals surface area contributed by atoms with Gasteiger partial charge in [0.15, 0.2) is 0 Å². The van der Waals surface area contributed by atoms with E-state index in [1.807, 2.05) is 0 Å². The second-order valence-electron chi connectivity index (χ2n) is 4.89. The van der Waals surface area contributed by atoms with Gasteiger partial charge >= 0.3 is 5.97 Å². The first-order chi connectivity index (χ1) is 8.24. The third-order valence-electron chi connectivity index (χ3n) is 3.90. The third kappa shape index (κ3) is 3.96. The second-order valence-corrected chi connectivity index (χ2v) is 4.89. The number of carbonyl (C=O) groups is 1. The van der Waals surface area contributed by atoms with Gasteiger partial charge < -0.3 is 14.9 Å². The van der Waals surface area contributed by atoms with E-state index in [9.17, 15) is 9.90 Å². The Bertz CT molecular complexity index is 229. The summed E-state index contributed by atoms with van der Waals surface area (Å²) in [6.45, 7) is 0.251. The SMILES string of the molecule is COC(=O)[C@H](CCCO)[C@H]1CCCC[C@@H]1CO. The van der Waals surface area contributed by atoms with Crippen LogP contribution in [0.15, 0.2) is 0 Å². The van der Waals surface area contributed by atoms with Crippen LogP contribution in [0.4, 0.5) is 0 Å². The lowest BCUT2D eigenvalue weighted by Gasteiger charge is -2.35. The molecule has 0 aromatic heterocycles. The van der Waals surface area contributed by atoms with E-state index in [0.29, 0.717) is 12.8 Å². The van der Waals surface area contributed by atoms with Crippen LogP contribution < -0.4 is 0 Å². The van der Waals surface area contributed by atoms with E-state index >= 15 is 0 Å². The Hall–Kier alpha value is -0.610. The van der Waals surface area contributed by atoms with Crippen molar-refractivity contribution in [3.8, 4) is 0 Å². The Labute approximate surface area is 103 Å². The van der Waals surface area contributed by atoms with Gasteiger partial charge in [-0.3, -0.25) is 4.79 Å². The third-order valence-corrected chi connectivity index (χ3v) is 3.90. The number of hydrogen-bond acceptors (Lipinski definition) is 4. The Morgan fingerprint density at radius 3 is 2.65 bits per heavy atom. The minimum atomic E-state index is -0.191. The summed E-state index contributed by atoms with van der Waals surface area (Å²) in [7, 11) is 1.41. The van der Waals surface area contributed by atoms with Crippen LogP contribution in [-0.2, 0) is 9.53 Å². The van der Waals surface area contributed by atoms with Crippen molar-refractivity contribution in [2.45, 2.75) is 38.5 Å². The van der Waals surface area contributed by atoms with Crippen LogP contribution >= 0.6 is 0 Å². The van der Waals surface area contributed by atoms with Crippen LogP contribution in [0.5, 0.6) is 0 Å². The topological polar surface area (TPSA) is 66.8 Å². The zero-order valence-electron chi connectivity index (χ0n) is 10.6. The molecule has 1 rings (SSSR count). The number of hydrogen-bond donors (Lipinski definition) is 2. The fourth-order valence-corrected chi connectivity index (χ4v) is 2.96. The van der Waals surface area contributed by atoms with E-state index in [1.54, 1.807) is 0 Å². The molecule has 3 atom stereocenters. The zero-order valence-corrected chi connectivity index (χ0v) is 10.6. The van der Waals surface area contributed by atoms with Gasteiger partial charge in [-0.15, -0.1) is 0 Å². The van der Waals surface area contributed by atoms with E-state index < -0.39 is 0 Å². The molecule has 1 saturated carbocycles. The molecule has 0 aromatic carbocycles. The summed E-state index contributed by atoms with van der Waals surface area (Å²) < 4.78 is 4.85. The van der Waals surface area contributed by atoms with Crippen molar-refractivity contribution in [2.24, 2.45) is 17.8 Å². The maximum absolute atomic E-state index is 11.8. The normalized spacial score (nSPS) is 26.5. The molecule has 2 N–H and O–H groups in total. The highest BCUT2D eigenvalue weighted by molar-refractivity contribution is 5.72. The van der Waals surface area contributed by atoms with E-state index in [4.69, 9.17) is 9.84 Å². The van der Waals surface area contributed by atoms with E-state index in [0.717, 1.165) is 25.7 Å². The van der Waals surface area contributed by atoms with Crippen molar-refractivity contribution in [1.82, 2.24) is 0 Å². The van der Waals surface area contributed by atoms with Crippen molar-refractivity contribution < 1.29 is 19.7 Å². The van der Waals surface area contributed by atoms with Gasteiger partial charge in [0.2, 0.25) is 0 Å². The second kappa shape index (κ2) is 7.67. The first-order valence-corrected chi connectivity index (χ1v) is 6.54. The molecule has 0 bridgehead atoms. The molecule has 0 heterocycles. The van der Waals surface area contributed by atoms with Gasteiger partial charge in [0.05, 0.1) is 13.0 Å². The summed E-state index contributed by atoms with van der Waals surface area (Å²) in [5.74, 6) is 0.0766. The lowest BCUT2D eigenvalue weighted by Crippen LogP contribution is -2.34. The zero-order chi connectivity index (χ0) is 12.7. The summed E-state index contributed by atoms with van der Waals surface area (Å²) in [5.41, 5.74) is 0. The molecule has 1 aliphatic carbocycles. The minimum Gasteiger partial charge on any atom is -0.469 e. The summed E-state index contributed by atoms with van der Waals surface area (Å²) in [6, 6.07) is 0. The van der Waals surface area contributed by atoms with Gasteiger partial charge in [-0.2, -0.15) is 0 Å². The predicted molar refractivity (Wildman–Crippen MR) is 64.4 cm³/mol. The molecule has 0 unspecified atom stereocenters. The monoisotopic (exact) mass is 244 g/mol.